The predicted molar refractivity (Wildman–Crippen MR) is 141 cm³/mol. The van der Waals surface area contributed by atoms with E-state index < -0.39 is 17.3 Å². The lowest BCUT2D eigenvalue weighted by molar-refractivity contribution is -0.137. The molecule has 6 rings (SSSR count). The molecule has 0 radical (unpaired) electrons. The number of halogens is 3. The van der Waals surface area contributed by atoms with Crippen molar-refractivity contribution in [1.29, 1.82) is 0 Å². The van der Waals surface area contributed by atoms with Gasteiger partial charge in [-0.1, -0.05) is 24.3 Å². The molecule has 0 aliphatic rings. The number of hydrogen-bond acceptors (Lipinski definition) is 8. The SMILES string of the molecule is Cc1csc2nc(Cn3nc(-c4cccc(O)c4)c4c(N)ncnc43)n(-c3ccccc3C(F)(F)F)c(=O)c12. The molecular formula is C26H18F3N7O2S. The van der Waals surface area contributed by atoms with Gasteiger partial charge in [0.05, 0.1) is 22.0 Å². The summed E-state index contributed by atoms with van der Waals surface area (Å²) in [5, 5.41) is 17.0. The maximum Gasteiger partial charge on any atom is 0.418 e. The first-order chi connectivity index (χ1) is 18.6. The fourth-order valence-corrected chi connectivity index (χ4v) is 5.49. The maximum atomic E-state index is 14.0. The highest BCUT2D eigenvalue weighted by atomic mass is 32.1. The number of fused-ring (bicyclic) bond motifs is 2. The van der Waals surface area contributed by atoms with Crippen LogP contribution in [0.5, 0.6) is 5.75 Å². The topological polar surface area (TPSA) is 125 Å². The van der Waals surface area contributed by atoms with Crippen LogP contribution in [0, 0.1) is 6.92 Å². The number of thiophene rings is 1. The quantitative estimate of drug-likeness (QED) is 0.320. The molecule has 4 aromatic heterocycles. The number of benzene rings is 2. The van der Waals surface area contributed by atoms with Gasteiger partial charge in [-0.25, -0.2) is 19.6 Å². The molecule has 9 nitrogen and oxygen atoms in total. The number of nitrogens with zero attached hydrogens (tertiary/aromatic N) is 6. The lowest BCUT2D eigenvalue weighted by atomic mass is 10.1. The molecule has 39 heavy (non-hydrogen) atoms. The second-order valence-electron chi connectivity index (χ2n) is 8.80. The molecule has 0 saturated heterocycles. The average Bonchev–Trinajstić information content (AvgIpc) is 3.45. The van der Waals surface area contributed by atoms with Crippen LogP contribution in [0.15, 0.2) is 65.0 Å². The minimum absolute atomic E-state index is 0.00315. The number of phenolic OH excluding ortho intramolecular Hbond substituents is 1. The van der Waals surface area contributed by atoms with Gasteiger partial charge in [0, 0.05) is 5.56 Å². The Morgan fingerprint density at radius 3 is 2.64 bits per heavy atom. The van der Waals surface area contributed by atoms with Crippen LogP contribution < -0.4 is 11.3 Å². The first kappa shape index (κ1) is 24.6. The zero-order chi connectivity index (χ0) is 27.5. The summed E-state index contributed by atoms with van der Waals surface area (Å²) in [5.74, 6) is 0.153. The van der Waals surface area contributed by atoms with Crippen molar-refractivity contribution in [2.24, 2.45) is 0 Å². The summed E-state index contributed by atoms with van der Waals surface area (Å²) in [5.41, 5.74) is 6.02. The third-order valence-corrected chi connectivity index (χ3v) is 7.27. The van der Waals surface area contributed by atoms with Crippen LogP contribution in [0.1, 0.15) is 17.0 Å². The first-order valence-corrected chi connectivity index (χ1v) is 12.4. The van der Waals surface area contributed by atoms with Crippen molar-refractivity contribution in [3.63, 3.8) is 0 Å². The zero-order valence-corrected chi connectivity index (χ0v) is 21.0. The number of para-hydroxylation sites is 1. The van der Waals surface area contributed by atoms with Gasteiger partial charge in [0.1, 0.15) is 40.8 Å². The molecule has 0 saturated carbocycles. The number of phenols is 1. The Morgan fingerprint density at radius 1 is 1.08 bits per heavy atom. The molecule has 0 aliphatic heterocycles. The fourth-order valence-electron chi connectivity index (χ4n) is 4.56. The summed E-state index contributed by atoms with van der Waals surface area (Å²) in [6, 6.07) is 11.2. The summed E-state index contributed by atoms with van der Waals surface area (Å²) in [4.78, 5) is 27.1. The van der Waals surface area contributed by atoms with Crippen LogP contribution in [-0.2, 0) is 12.7 Å². The predicted octanol–water partition coefficient (Wildman–Crippen LogP) is 4.92. The van der Waals surface area contributed by atoms with Gasteiger partial charge in [-0.05, 0) is 42.1 Å². The van der Waals surface area contributed by atoms with Gasteiger partial charge in [0.25, 0.3) is 5.56 Å². The number of aromatic hydroxyl groups is 1. The number of aromatic nitrogens is 6. The molecule has 0 bridgehead atoms. The summed E-state index contributed by atoms with van der Waals surface area (Å²) in [7, 11) is 0. The van der Waals surface area contributed by atoms with Crippen molar-refractivity contribution in [3.8, 4) is 22.7 Å². The van der Waals surface area contributed by atoms with Crippen molar-refractivity contribution in [3.05, 3.63) is 87.5 Å². The van der Waals surface area contributed by atoms with Gasteiger partial charge < -0.3 is 10.8 Å². The van der Waals surface area contributed by atoms with Crippen molar-refractivity contribution < 1.29 is 18.3 Å². The normalized spacial score (nSPS) is 12.0. The third-order valence-electron chi connectivity index (χ3n) is 6.28. The second kappa shape index (κ2) is 8.91. The van der Waals surface area contributed by atoms with Gasteiger partial charge in [-0.3, -0.25) is 9.36 Å². The van der Waals surface area contributed by atoms with Crippen molar-refractivity contribution >= 4 is 38.4 Å². The van der Waals surface area contributed by atoms with Crippen LogP contribution in [-0.4, -0.2) is 34.4 Å². The molecule has 6 aromatic rings. The molecule has 0 spiro atoms. The highest BCUT2D eigenvalue weighted by Crippen LogP contribution is 2.35. The number of aryl methyl sites for hydroxylation is 1. The molecule has 196 valence electrons. The summed E-state index contributed by atoms with van der Waals surface area (Å²) >= 11 is 1.23. The number of hydrogen-bond donors (Lipinski definition) is 2. The van der Waals surface area contributed by atoms with Gasteiger partial charge in [-0.15, -0.1) is 11.3 Å². The van der Waals surface area contributed by atoms with Crippen molar-refractivity contribution in [2.75, 3.05) is 5.73 Å². The maximum absolute atomic E-state index is 14.0. The molecule has 0 atom stereocenters. The van der Waals surface area contributed by atoms with Crippen LogP contribution in [0.2, 0.25) is 0 Å². The van der Waals surface area contributed by atoms with Crippen LogP contribution in [0.4, 0.5) is 19.0 Å². The van der Waals surface area contributed by atoms with Crippen LogP contribution in [0.25, 0.3) is 38.2 Å². The van der Waals surface area contributed by atoms with E-state index in [2.05, 4.69) is 20.1 Å². The van der Waals surface area contributed by atoms with E-state index in [4.69, 9.17) is 5.73 Å². The summed E-state index contributed by atoms with van der Waals surface area (Å²) in [6.07, 6.45) is -3.47. The number of nitrogens with two attached hydrogens (primary N) is 1. The number of alkyl halides is 3. The Morgan fingerprint density at radius 2 is 1.87 bits per heavy atom. The van der Waals surface area contributed by atoms with E-state index in [9.17, 15) is 23.1 Å². The molecule has 0 unspecified atom stereocenters. The molecule has 13 heteroatoms. The van der Waals surface area contributed by atoms with E-state index in [0.29, 0.717) is 27.0 Å². The van der Waals surface area contributed by atoms with Crippen LogP contribution >= 0.6 is 11.3 Å². The molecule has 0 aliphatic carbocycles. The largest absolute Gasteiger partial charge is 0.508 e. The standard InChI is InChI=1S/C26H18F3N7O2S/c1-13-11-39-24-19(13)25(38)36(17-8-3-2-7-16(17)26(27,28)29)18(33-24)10-35-23-20(22(30)31-12-32-23)21(34-35)14-5-4-6-15(37)9-14/h2-9,11-12,37H,10H2,1H3,(H2,30,31,32). The van der Waals surface area contributed by atoms with E-state index in [-0.39, 0.29) is 40.7 Å². The number of rotatable bonds is 4. The molecule has 3 N–H and O–H groups in total. The van der Waals surface area contributed by atoms with E-state index in [1.54, 1.807) is 24.4 Å². The minimum atomic E-state index is -4.71. The Hall–Kier alpha value is -4.78. The smallest absolute Gasteiger partial charge is 0.418 e. The Kier molecular flexibility index (Phi) is 5.61. The van der Waals surface area contributed by atoms with E-state index >= 15 is 0 Å². The summed E-state index contributed by atoms with van der Waals surface area (Å²) < 4.78 is 44.5. The molecule has 0 fully saturated rings. The Labute approximate surface area is 221 Å². The van der Waals surface area contributed by atoms with E-state index in [1.807, 2.05) is 0 Å². The van der Waals surface area contributed by atoms with Gasteiger partial charge in [-0.2, -0.15) is 18.3 Å². The Balaban J connectivity index is 1.63. The zero-order valence-electron chi connectivity index (χ0n) is 20.1. The van der Waals surface area contributed by atoms with Gasteiger partial charge in [0.15, 0.2) is 5.65 Å². The minimum Gasteiger partial charge on any atom is -0.508 e. The van der Waals surface area contributed by atoms with Crippen LogP contribution in [0.3, 0.4) is 0 Å². The number of nitrogen functional groups attached to an aromatic ring is 1. The first-order valence-electron chi connectivity index (χ1n) is 11.6. The van der Waals surface area contributed by atoms with Gasteiger partial charge >= 0.3 is 6.18 Å². The third kappa shape index (κ3) is 4.07. The van der Waals surface area contributed by atoms with Gasteiger partial charge in [0.2, 0.25) is 0 Å². The second-order valence-corrected chi connectivity index (χ2v) is 9.65. The molecule has 4 heterocycles. The monoisotopic (exact) mass is 549 g/mol. The van der Waals surface area contributed by atoms with E-state index in [1.165, 1.54) is 52.7 Å². The summed E-state index contributed by atoms with van der Waals surface area (Å²) in [6.45, 7) is 1.50. The van der Waals surface area contributed by atoms with Crippen molar-refractivity contribution in [2.45, 2.75) is 19.6 Å². The average molecular weight is 550 g/mol. The van der Waals surface area contributed by atoms with Crippen molar-refractivity contribution in [1.82, 2.24) is 29.3 Å². The highest BCUT2D eigenvalue weighted by molar-refractivity contribution is 7.16. The number of anilines is 1. The molecule has 2 aromatic carbocycles. The lowest BCUT2D eigenvalue weighted by Crippen LogP contribution is -2.27. The highest BCUT2D eigenvalue weighted by Gasteiger charge is 2.35. The Bertz CT molecular complexity index is 1960. The molecule has 0 amide bonds. The fraction of sp³-hybridized carbons (Fsp3) is 0.115. The molecular weight excluding hydrogens is 531 g/mol. The lowest BCUT2D eigenvalue weighted by Gasteiger charge is -2.18. The van der Waals surface area contributed by atoms with E-state index in [0.717, 1.165) is 10.6 Å².